The lowest BCUT2D eigenvalue weighted by atomic mass is 9.69. The second-order valence-electron chi connectivity index (χ2n) is 9.43. The fraction of sp³-hybridized carbons (Fsp3) is 0.517. The van der Waals surface area contributed by atoms with Crippen LogP contribution in [0.25, 0.3) is 0 Å². The van der Waals surface area contributed by atoms with E-state index in [2.05, 4.69) is 31.9 Å². The summed E-state index contributed by atoms with van der Waals surface area (Å²) in [6.07, 6.45) is 2.45. The van der Waals surface area contributed by atoms with Gasteiger partial charge in [0, 0.05) is 6.54 Å². The summed E-state index contributed by atoms with van der Waals surface area (Å²) in [7, 11) is 2.08. The van der Waals surface area contributed by atoms with Crippen LogP contribution in [0, 0.1) is 17.2 Å². The molecule has 1 unspecified atom stereocenters. The van der Waals surface area contributed by atoms with Gasteiger partial charge in [0.25, 0.3) is 0 Å². The van der Waals surface area contributed by atoms with E-state index in [0.717, 1.165) is 31.5 Å². The Hall–Kier alpha value is -2.92. The third-order valence-corrected chi connectivity index (χ3v) is 6.73. The predicted octanol–water partition coefficient (Wildman–Crippen LogP) is 3.99. The topological polar surface area (TPSA) is 103 Å². The number of likely N-dealkylation sites (N-methyl/N-ethyl adjacent to an activating group) is 1. The van der Waals surface area contributed by atoms with Crippen molar-refractivity contribution < 1.29 is 24.5 Å². The van der Waals surface area contributed by atoms with Crippen LogP contribution in [0.2, 0.25) is 0 Å². The fourth-order valence-electron chi connectivity index (χ4n) is 4.38. The SMILES string of the molecule is CCOC(=O)COc1ccc(CCN(C)CCCC(C#N)(c2ccc(CO)c(CO)c2)C(C)C)cc1. The van der Waals surface area contributed by atoms with Crippen LogP contribution in [0.15, 0.2) is 42.5 Å². The van der Waals surface area contributed by atoms with Crippen molar-refractivity contribution >= 4 is 5.97 Å². The summed E-state index contributed by atoms with van der Waals surface area (Å²) in [6, 6.07) is 15.9. The Kier molecular flexibility index (Phi) is 11.9. The number of benzene rings is 2. The number of rotatable bonds is 15. The molecule has 2 N–H and O–H groups in total. The molecule has 2 aromatic carbocycles. The number of aliphatic hydroxyl groups is 2. The summed E-state index contributed by atoms with van der Waals surface area (Å²) in [5, 5.41) is 29.4. The zero-order valence-corrected chi connectivity index (χ0v) is 22.0. The van der Waals surface area contributed by atoms with Crippen LogP contribution in [0.3, 0.4) is 0 Å². The Morgan fingerprint density at radius 2 is 1.78 bits per heavy atom. The molecule has 2 aromatic rings. The van der Waals surface area contributed by atoms with Gasteiger partial charge in [-0.25, -0.2) is 4.79 Å². The highest BCUT2D eigenvalue weighted by atomic mass is 16.6. The van der Waals surface area contributed by atoms with Gasteiger partial charge in [-0.3, -0.25) is 0 Å². The molecule has 0 bridgehead atoms. The first kappa shape index (κ1) is 29.3. The Bertz CT molecular complexity index is 1000. The number of aliphatic hydroxyl groups excluding tert-OH is 2. The third kappa shape index (κ3) is 8.06. The van der Waals surface area contributed by atoms with Gasteiger partial charge in [-0.1, -0.05) is 44.2 Å². The van der Waals surface area contributed by atoms with E-state index in [1.54, 1.807) is 6.92 Å². The van der Waals surface area contributed by atoms with Crippen LogP contribution in [0.1, 0.15) is 55.9 Å². The Morgan fingerprint density at radius 1 is 1.08 bits per heavy atom. The average Bonchev–Trinajstić information content (AvgIpc) is 2.89. The number of nitrogens with zero attached hydrogens (tertiary/aromatic N) is 2. The molecule has 0 amide bonds. The van der Waals surface area contributed by atoms with E-state index in [-0.39, 0.29) is 31.7 Å². The van der Waals surface area contributed by atoms with Gasteiger partial charge in [0.2, 0.25) is 0 Å². The van der Waals surface area contributed by atoms with Crippen molar-refractivity contribution in [3.05, 3.63) is 64.7 Å². The molecule has 0 fully saturated rings. The van der Waals surface area contributed by atoms with E-state index >= 15 is 0 Å². The molecule has 0 aliphatic heterocycles. The highest BCUT2D eigenvalue weighted by molar-refractivity contribution is 5.71. The first-order chi connectivity index (χ1) is 17.3. The maximum Gasteiger partial charge on any atom is 0.344 e. The number of esters is 1. The lowest BCUT2D eigenvalue weighted by Crippen LogP contribution is -2.33. The summed E-state index contributed by atoms with van der Waals surface area (Å²) in [5.41, 5.74) is 2.78. The zero-order valence-electron chi connectivity index (χ0n) is 22.0. The quantitative estimate of drug-likeness (QED) is 0.360. The molecule has 0 aliphatic carbocycles. The largest absolute Gasteiger partial charge is 0.482 e. The zero-order chi connectivity index (χ0) is 26.6. The maximum atomic E-state index is 11.4. The Morgan fingerprint density at radius 3 is 2.36 bits per heavy atom. The molecule has 0 saturated carbocycles. The van der Waals surface area contributed by atoms with Gasteiger partial charge in [-0.2, -0.15) is 5.26 Å². The van der Waals surface area contributed by atoms with Gasteiger partial charge in [0.1, 0.15) is 5.75 Å². The molecule has 0 aliphatic rings. The normalized spacial score (nSPS) is 12.9. The van der Waals surface area contributed by atoms with Crippen LogP contribution < -0.4 is 4.74 Å². The van der Waals surface area contributed by atoms with Crippen molar-refractivity contribution in [2.24, 2.45) is 5.92 Å². The molecule has 0 spiro atoms. The number of hydrogen-bond donors (Lipinski definition) is 2. The van der Waals surface area contributed by atoms with E-state index < -0.39 is 5.41 Å². The molecule has 7 heteroatoms. The molecule has 1 atom stereocenters. The van der Waals surface area contributed by atoms with E-state index in [1.807, 2.05) is 42.5 Å². The Balaban J connectivity index is 1.90. The molecule has 7 nitrogen and oxygen atoms in total. The Labute approximate surface area is 215 Å². The van der Waals surface area contributed by atoms with Crippen LogP contribution in [0.5, 0.6) is 5.75 Å². The summed E-state index contributed by atoms with van der Waals surface area (Å²) in [5.74, 6) is 0.360. The molecular weight excluding hydrogens is 456 g/mol. The van der Waals surface area contributed by atoms with E-state index in [0.29, 0.717) is 29.9 Å². The summed E-state index contributed by atoms with van der Waals surface area (Å²) in [6.45, 7) is 7.57. The van der Waals surface area contributed by atoms with Crippen molar-refractivity contribution in [3.63, 3.8) is 0 Å². The molecular formula is C29H40N2O5. The number of ether oxygens (including phenoxy) is 2. The van der Waals surface area contributed by atoms with Gasteiger partial charge in [-0.05, 0) is 80.1 Å². The lowest BCUT2D eigenvalue weighted by Gasteiger charge is -2.32. The second-order valence-corrected chi connectivity index (χ2v) is 9.43. The van der Waals surface area contributed by atoms with Crippen molar-refractivity contribution in [2.45, 2.75) is 58.7 Å². The highest BCUT2D eigenvalue weighted by Gasteiger charge is 2.36. The molecule has 0 saturated heterocycles. The van der Waals surface area contributed by atoms with Gasteiger partial charge in [0.05, 0.1) is 31.3 Å². The van der Waals surface area contributed by atoms with Gasteiger partial charge in [0.15, 0.2) is 6.61 Å². The monoisotopic (exact) mass is 496 g/mol. The minimum Gasteiger partial charge on any atom is -0.482 e. The van der Waals surface area contributed by atoms with Crippen LogP contribution in [0.4, 0.5) is 0 Å². The molecule has 2 rings (SSSR count). The molecule has 0 radical (unpaired) electrons. The maximum absolute atomic E-state index is 11.4. The van der Waals surface area contributed by atoms with E-state index in [1.165, 1.54) is 5.56 Å². The molecule has 0 heterocycles. The first-order valence-electron chi connectivity index (χ1n) is 12.6. The predicted molar refractivity (Wildman–Crippen MR) is 139 cm³/mol. The van der Waals surface area contributed by atoms with Crippen LogP contribution >= 0.6 is 0 Å². The van der Waals surface area contributed by atoms with E-state index in [4.69, 9.17) is 9.47 Å². The van der Waals surface area contributed by atoms with Crippen LogP contribution in [-0.2, 0) is 34.6 Å². The third-order valence-electron chi connectivity index (χ3n) is 6.73. The number of nitriles is 1. The molecule has 36 heavy (non-hydrogen) atoms. The molecule has 196 valence electrons. The van der Waals surface area contributed by atoms with Crippen molar-refractivity contribution in [1.29, 1.82) is 5.26 Å². The summed E-state index contributed by atoms with van der Waals surface area (Å²) >= 11 is 0. The summed E-state index contributed by atoms with van der Waals surface area (Å²) < 4.78 is 10.3. The summed E-state index contributed by atoms with van der Waals surface area (Å²) in [4.78, 5) is 13.7. The first-order valence-corrected chi connectivity index (χ1v) is 12.6. The van der Waals surface area contributed by atoms with Gasteiger partial charge >= 0.3 is 5.97 Å². The smallest absolute Gasteiger partial charge is 0.344 e. The minimum absolute atomic E-state index is 0.0939. The van der Waals surface area contributed by atoms with Crippen molar-refractivity contribution in [2.75, 3.05) is 33.4 Å². The van der Waals surface area contributed by atoms with Gasteiger partial charge in [-0.15, -0.1) is 0 Å². The second kappa shape index (κ2) is 14.6. The standard InChI is InChI=1S/C29H40N2O5/c1-5-35-28(34)20-36-27-11-7-23(8-12-27)13-16-31(4)15-6-14-29(21-30,22(2)3)26-10-9-24(18-32)25(17-26)19-33/h7-12,17,22,32-33H,5-6,13-16,18-20H2,1-4H3. The van der Waals surface area contributed by atoms with Crippen molar-refractivity contribution in [3.8, 4) is 11.8 Å². The number of carbonyl (C=O) groups is 1. The number of hydrogen-bond acceptors (Lipinski definition) is 7. The van der Waals surface area contributed by atoms with E-state index in [9.17, 15) is 20.3 Å². The van der Waals surface area contributed by atoms with Crippen molar-refractivity contribution in [1.82, 2.24) is 4.90 Å². The highest BCUT2D eigenvalue weighted by Crippen LogP contribution is 2.37. The lowest BCUT2D eigenvalue weighted by molar-refractivity contribution is -0.145. The molecule has 0 aromatic heterocycles. The van der Waals surface area contributed by atoms with Crippen LogP contribution in [-0.4, -0.2) is 54.4 Å². The number of carbonyl (C=O) groups excluding carboxylic acids is 1. The average molecular weight is 497 g/mol. The minimum atomic E-state index is -0.655. The fourth-order valence-corrected chi connectivity index (χ4v) is 4.38. The van der Waals surface area contributed by atoms with Gasteiger partial charge < -0.3 is 24.6 Å².